The third-order valence-corrected chi connectivity index (χ3v) is 2.26. The largest absolute Gasteiger partial charge is 0.492 e. The van der Waals surface area contributed by atoms with Crippen molar-refractivity contribution >= 4 is 17.3 Å². The summed E-state index contributed by atoms with van der Waals surface area (Å²) in [5.41, 5.74) is 0. The Bertz CT molecular complexity index is 335. The molecule has 72 valence electrons. The fourth-order valence-corrected chi connectivity index (χ4v) is 1.57. The van der Waals surface area contributed by atoms with Gasteiger partial charge in [-0.1, -0.05) is 11.3 Å². The summed E-state index contributed by atoms with van der Waals surface area (Å²) in [6, 6.07) is 0. The number of rotatable bonds is 2. The van der Waals surface area contributed by atoms with Crippen LogP contribution < -0.4 is 4.74 Å². The number of carbonyl (C=O) groups is 1. The number of hydrogen-bond donors (Lipinski definition) is 0. The van der Waals surface area contributed by atoms with Gasteiger partial charge in [-0.3, -0.25) is 0 Å². The van der Waals surface area contributed by atoms with Crippen molar-refractivity contribution in [2.45, 2.75) is 0 Å². The van der Waals surface area contributed by atoms with E-state index in [1.807, 2.05) is 0 Å². The van der Waals surface area contributed by atoms with Crippen molar-refractivity contribution in [3.05, 3.63) is 15.8 Å². The van der Waals surface area contributed by atoms with E-state index < -0.39 is 22.7 Å². The Hall–Kier alpha value is -1.17. The van der Waals surface area contributed by atoms with Crippen LogP contribution in [0.5, 0.6) is 5.75 Å². The van der Waals surface area contributed by atoms with Crippen molar-refractivity contribution in [3.8, 4) is 5.75 Å². The highest BCUT2D eigenvalue weighted by molar-refractivity contribution is 7.12. The van der Waals surface area contributed by atoms with Crippen LogP contribution in [0, 0.1) is 10.9 Å². The fraction of sp³-hybridized carbons (Fsp3) is 0.286. The number of carbonyl (C=O) groups excluding carboxylic acids is 1. The highest BCUT2D eigenvalue weighted by atomic mass is 32.1. The quantitative estimate of drug-likeness (QED) is 0.695. The maximum absolute atomic E-state index is 12.8. The standard InChI is InChI=1S/C7H6F2O3S/c1-11-4-3(8)6(9)13-5(4)7(10)12-2/h1-2H3. The molecule has 3 nitrogen and oxygen atoms in total. The summed E-state index contributed by atoms with van der Waals surface area (Å²) in [4.78, 5) is 10.7. The van der Waals surface area contributed by atoms with Crippen LogP contribution in [-0.2, 0) is 4.74 Å². The second kappa shape index (κ2) is 3.69. The molecule has 0 aromatic carbocycles. The Morgan fingerprint density at radius 3 is 2.46 bits per heavy atom. The zero-order valence-corrected chi connectivity index (χ0v) is 7.71. The second-order valence-electron chi connectivity index (χ2n) is 2.04. The molecule has 1 aromatic rings. The van der Waals surface area contributed by atoms with Gasteiger partial charge in [0.25, 0.3) is 0 Å². The SMILES string of the molecule is COC(=O)c1sc(F)c(F)c1OC. The third-order valence-electron chi connectivity index (χ3n) is 1.34. The molecule has 13 heavy (non-hydrogen) atoms. The lowest BCUT2D eigenvalue weighted by molar-refractivity contribution is 0.0602. The highest BCUT2D eigenvalue weighted by Crippen LogP contribution is 2.32. The molecule has 0 aliphatic rings. The average Bonchev–Trinajstić information content (AvgIpc) is 2.42. The first-order valence-corrected chi connectivity index (χ1v) is 4.03. The van der Waals surface area contributed by atoms with Gasteiger partial charge in [0.15, 0.2) is 10.6 Å². The van der Waals surface area contributed by atoms with Crippen molar-refractivity contribution < 1.29 is 23.0 Å². The first kappa shape index (κ1) is 9.91. The van der Waals surface area contributed by atoms with E-state index >= 15 is 0 Å². The van der Waals surface area contributed by atoms with Gasteiger partial charge in [-0.2, -0.15) is 8.78 Å². The van der Waals surface area contributed by atoms with E-state index in [1.54, 1.807) is 0 Å². The van der Waals surface area contributed by atoms with Gasteiger partial charge >= 0.3 is 5.97 Å². The molecule has 0 fully saturated rings. The summed E-state index contributed by atoms with van der Waals surface area (Å²) in [7, 11) is 2.27. The predicted molar refractivity (Wildman–Crippen MR) is 42.1 cm³/mol. The van der Waals surface area contributed by atoms with Crippen molar-refractivity contribution in [2.24, 2.45) is 0 Å². The van der Waals surface area contributed by atoms with Gasteiger partial charge in [0.2, 0.25) is 10.9 Å². The van der Waals surface area contributed by atoms with Crippen LogP contribution in [0.2, 0.25) is 0 Å². The smallest absolute Gasteiger partial charge is 0.352 e. The summed E-state index contributed by atoms with van der Waals surface area (Å²) >= 11 is 0.357. The van der Waals surface area contributed by atoms with Gasteiger partial charge < -0.3 is 9.47 Å². The Morgan fingerprint density at radius 2 is 2.00 bits per heavy atom. The van der Waals surface area contributed by atoms with Crippen molar-refractivity contribution in [3.63, 3.8) is 0 Å². The zero-order valence-electron chi connectivity index (χ0n) is 6.89. The van der Waals surface area contributed by atoms with Gasteiger partial charge in [0.1, 0.15) is 0 Å². The maximum Gasteiger partial charge on any atom is 0.352 e. The molecule has 1 rings (SSSR count). The average molecular weight is 208 g/mol. The zero-order chi connectivity index (χ0) is 10.0. The molecule has 0 aliphatic carbocycles. The summed E-state index contributed by atoms with van der Waals surface area (Å²) < 4.78 is 34.3. The molecule has 0 atom stereocenters. The lowest BCUT2D eigenvalue weighted by Gasteiger charge is -1.98. The van der Waals surface area contributed by atoms with Crippen LogP contribution in [0.15, 0.2) is 0 Å². The lowest BCUT2D eigenvalue weighted by Crippen LogP contribution is -2.00. The number of hydrogen-bond acceptors (Lipinski definition) is 4. The van der Waals surface area contributed by atoms with E-state index in [0.29, 0.717) is 11.3 Å². The second-order valence-corrected chi connectivity index (χ2v) is 3.01. The van der Waals surface area contributed by atoms with Gasteiger partial charge in [0.05, 0.1) is 14.2 Å². The maximum atomic E-state index is 12.8. The van der Waals surface area contributed by atoms with E-state index in [4.69, 9.17) is 0 Å². The highest BCUT2D eigenvalue weighted by Gasteiger charge is 2.24. The van der Waals surface area contributed by atoms with Crippen molar-refractivity contribution in [2.75, 3.05) is 14.2 Å². The molecule has 0 unspecified atom stereocenters. The summed E-state index contributed by atoms with van der Waals surface area (Å²) in [5, 5.41) is -1.09. The molecule has 0 saturated carbocycles. The summed E-state index contributed by atoms with van der Waals surface area (Å²) in [6.07, 6.45) is 0. The van der Waals surface area contributed by atoms with Crippen molar-refractivity contribution in [1.29, 1.82) is 0 Å². The molecular weight excluding hydrogens is 202 g/mol. The topological polar surface area (TPSA) is 35.5 Å². The Morgan fingerprint density at radius 1 is 1.38 bits per heavy atom. The van der Waals surface area contributed by atoms with E-state index in [-0.39, 0.29) is 4.88 Å². The van der Waals surface area contributed by atoms with Crippen LogP contribution in [0.3, 0.4) is 0 Å². The van der Waals surface area contributed by atoms with E-state index in [0.717, 1.165) is 14.2 Å². The minimum Gasteiger partial charge on any atom is -0.492 e. The summed E-state index contributed by atoms with van der Waals surface area (Å²) in [5.74, 6) is -2.38. The van der Waals surface area contributed by atoms with Crippen LogP contribution in [0.4, 0.5) is 8.78 Å². The van der Waals surface area contributed by atoms with Crippen LogP contribution in [0.1, 0.15) is 9.67 Å². The number of halogens is 2. The molecule has 0 bridgehead atoms. The summed E-state index contributed by atoms with van der Waals surface area (Å²) in [6.45, 7) is 0. The van der Waals surface area contributed by atoms with Gasteiger partial charge in [-0.15, -0.1) is 0 Å². The third kappa shape index (κ3) is 1.62. The number of methoxy groups -OCH3 is 2. The van der Waals surface area contributed by atoms with Crippen LogP contribution >= 0.6 is 11.3 Å². The van der Waals surface area contributed by atoms with Crippen molar-refractivity contribution in [1.82, 2.24) is 0 Å². The first-order chi connectivity index (χ1) is 6.11. The monoisotopic (exact) mass is 208 g/mol. The molecule has 1 heterocycles. The first-order valence-electron chi connectivity index (χ1n) is 3.22. The normalized spacial score (nSPS) is 9.85. The number of esters is 1. The Balaban J connectivity index is 3.21. The van der Waals surface area contributed by atoms with Gasteiger partial charge in [-0.05, 0) is 0 Å². The Kier molecular flexibility index (Phi) is 2.82. The molecule has 6 heteroatoms. The molecule has 0 spiro atoms. The minimum atomic E-state index is -1.16. The number of ether oxygens (including phenoxy) is 2. The minimum absolute atomic E-state index is 0.208. The van der Waals surface area contributed by atoms with Gasteiger partial charge in [-0.25, -0.2) is 4.79 Å². The molecule has 0 amide bonds. The molecule has 0 aliphatic heterocycles. The van der Waals surface area contributed by atoms with Crippen LogP contribution in [-0.4, -0.2) is 20.2 Å². The predicted octanol–water partition coefficient (Wildman–Crippen LogP) is 1.82. The van der Waals surface area contributed by atoms with E-state index in [2.05, 4.69) is 9.47 Å². The molecular formula is C7H6F2O3S. The number of thiophene rings is 1. The molecule has 0 radical (unpaired) electrons. The lowest BCUT2D eigenvalue weighted by atomic mass is 10.4. The fourth-order valence-electron chi connectivity index (χ4n) is 0.779. The van der Waals surface area contributed by atoms with E-state index in [1.165, 1.54) is 0 Å². The Labute approximate surface area is 76.9 Å². The molecule has 1 aromatic heterocycles. The molecule has 0 N–H and O–H groups in total. The van der Waals surface area contributed by atoms with Crippen LogP contribution in [0.25, 0.3) is 0 Å². The van der Waals surface area contributed by atoms with E-state index in [9.17, 15) is 13.6 Å². The van der Waals surface area contributed by atoms with Gasteiger partial charge in [0, 0.05) is 0 Å². The molecule has 0 saturated heterocycles.